The largest absolute Gasteiger partial charge is 0.309 e. The van der Waals surface area contributed by atoms with Crippen LogP contribution in [0.2, 0.25) is 0 Å². The predicted octanol–water partition coefficient (Wildman–Crippen LogP) is 15.2. The standard InChI is InChI=1S/C54H34N2S/c1-3-14-35(15-4-1)37-18-11-19-39(32-37)41-22-12-25-49-53(41)43-21-8-10-24-47(43)55(49)40-29-30-48-44(34-40)42-20-7-9-23-46(42)56(48)50-26-13-27-52-54(50)45-33-38(28-31-51(45)57-52)36-16-5-2-6-17-36/h1-34H. The summed E-state index contributed by atoms with van der Waals surface area (Å²) in [5.41, 5.74) is 14.5. The molecule has 3 heterocycles. The first kappa shape index (κ1) is 32.1. The molecule has 0 aliphatic carbocycles. The van der Waals surface area contributed by atoms with Crippen LogP contribution in [0.1, 0.15) is 0 Å². The van der Waals surface area contributed by atoms with E-state index < -0.39 is 0 Å². The average molecular weight is 743 g/mol. The third kappa shape index (κ3) is 4.96. The Balaban J connectivity index is 1.08. The number of benzene rings is 9. The van der Waals surface area contributed by atoms with Crippen LogP contribution in [-0.4, -0.2) is 9.13 Å². The summed E-state index contributed by atoms with van der Waals surface area (Å²) in [4.78, 5) is 0. The monoisotopic (exact) mass is 742 g/mol. The lowest BCUT2D eigenvalue weighted by molar-refractivity contribution is 1.17. The normalized spacial score (nSPS) is 11.9. The third-order valence-electron chi connectivity index (χ3n) is 11.7. The molecule has 0 amide bonds. The van der Waals surface area contributed by atoms with E-state index in [0.717, 1.165) is 5.69 Å². The van der Waals surface area contributed by atoms with E-state index in [4.69, 9.17) is 0 Å². The van der Waals surface area contributed by atoms with Crippen LogP contribution in [0.25, 0.3) is 109 Å². The first-order chi connectivity index (χ1) is 28.3. The fourth-order valence-corrected chi connectivity index (χ4v) is 10.3. The van der Waals surface area contributed by atoms with Gasteiger partial charge in [-0.3, -0.25) is 0 Å². The lowest BCUT2D eigenvalue weighted by Gasteiger charge is -2.12. The van der Waals surface area contributed by atoms with Gasteiger partial charge in [-0.05, 0) is 100 Å². The van der Waals surface area contributed by atoms with Crippen LogP contribution in [-0.2, 0) is 0 Å². The Morgan fingerprint density at radius 3 is 1.72 bits per heavy atom. The van der Waals surface area contributed by atoms with Gasteiger partial charge in [-0.15, -0.1) is 11.3 Å². The van der Waals surface area contributed by atoms with Crippen molar-refractivity contribution in [1.29, 1.82) is 0 Å². The van der Waals surface area contributed by atoms with Gasteiger partial charge >= 0.3 is 0 Å². The fraction of sp³-hybridized carbons (Fsp3) is 0. The fourth-order valence-electron chi connectivity index (χ4n) is 9.20. The summed E-state index contributed by atoms with van der Waals surface area (Å²) in [6, 6.07) is 75.6. The topological polar surface area (TPSA) is 9.86 Å². The van der Waals surface area contributed by atoms with E-state index in [0.29, 0.717) is 0 Å². The summed E-state index contributed by atoms with van der Waals surface area (Å²) >= 11 is 1.87. The lowest BCUT2D eigenvalue weighted by atomic mass is 9.96. The van der Waals surface area contributed by atoms with Gasteiger partial charge in [0.25, 0.3) is 0 Å². The number of fused-ring (bicyclic) bond motifs is 9. The van der Waals surface area contributed by atoms with Crippen LogP contribution in [0, 0.1) is 0 Å². The second kappa shape index (κ2) is 12.7. The van der Waals surface area contributed by atoms with Crippen LogP contribution in [0.15, 0.2) is 206 Å². The molecule has 12 aromatic rings. The molecule has 0 N–H and O–H groups in total. The Kier molecular flexibility index (Phi) is 7.13. The number of aromatic nitrogens is 2. The molecule has 3 heteroatoms. The van der Waals surface area contributed by atoms with Crippen LogP contribution in [0.3, 0.4) is 0 Å². The second-order valence-electron chi connectivity index (χ2n) is 14.9. The highest BCUT2D eigenvalue weighted by Gasteiger charge is 2.20. The zero-order chi connectivity index (χ0) is 37.5. The van der Waals surface area contributed by atoms with E-state index in [-0.39, 0.29) is 0 Å². The molecule has 3 aromatic heterocycles. The molecule has 0 saturated heterocycles. The smallest absolute Gasteiger partial charge is 0.0555 e. The average Bonchev–Trinajstić information content (AvgIpc) is 3.94. The van der Waals surface area contributed by atoms with Crippen LogP contribution in [0.4, 0.5) is 0 Å². The van der Waals surface area contributed by atoms with Crippen molar-refractivity contribution in [1.82, 2.24) is 9.13 Å². The Bertz CT molecular complexity index is 3510. The highest BCUT2D eigenvalue weighted by Crippen LogP contribution is 2.44. The molecule has 0 atom stereocenters. The molecule has 266 valence electrons. The summed E-state index contributed by atoms with van der Waals surface area (Å²) in [7, 11) is 0. The van der Waals surface area contributed by atoms with Gasteiger partial charge < -0.3 is 9.13 Å². The molecular weight excluding hydrogens is 709 g/mol. The third-order valence-corrected chi connectivity index (χ3v) is 12.8. The first-order valence-corrected chi connectivity index (χ1v) is 20.3. The first-order valence-electron chi connectivity index (χ1n) is 19.5. The lowest BCUT2D eigenvalue weighted by Crippen LogP contribution is -1.96. The van der Waals surface area contributed by atoms with Gasteiger partial charge in [0.15, 0.2) is 0 Å². The van der Waals surface area contributed by atoms with Crippen molar-refractivity contribution in [3.63, 3.8) is 0 Å². The molecule has 0 unspecified atom stereocenters. The minimum atomic E-state index is 1.15. The summed E-state index contributed by atoms with van der Waals surface area (Å²) in [5.74, 6) is 0. The maximum atomic E-state index is 2.49. The van der Waals surface area contributed by atoms with Crippen molar-refractivity contribution >= 4 is 75.1 Å². The Morgan fingerprint density at radius 2 is 0.912 bits per heavy atom. The van der Waals surface area contributed by atoms with E-state index in [9.17, 15) is 0 Å². The number of para-hydroxylation sites is 2. The van der Waals surface area contributed by atoms with Crippen molar-refractivity contribution in [3.05, 3.63) is 206 Å². The molecule has 0 bridgehead atoms. The molecule has 0 fully saturated rings. The van der Waals surface area contributed by atoms with Gasteiger partial charge in [0.1, 0.15) is 0 Å². The van der Waals surface area contributed by atoms with Gasteiger partial charge in [-0.1, -0.05) is 140 Å². The Hall–Kier alpha value is -7.20. The van der Waals surface area contributed by atoms with Crippen LogP contribution < -0.4 is 0 Å². The van der Waals surface area contributed by atoms with Crippen molar-refractivity contribution in [2.75, 3.05) is 0 Å². The van der Waals surface area contributed by atoms with Crippen LogP contribution in [0.5, 0.6) is 0 Å². The van der Waals surface area contributed by atoms with E-state index in [1.165, 1.54) is 103 Å². The second-order valence-corrected chi connectivity index (χ2v) is 16.0. The van der Waals surface area contributed by atoms with Gasteiger partial charge in [-0.25, -0.2) is 0 Å². The Morgan fingerprint density at radius 1 is 0.298 bits per heavy atom. The molecule has 57 heavy (non-hydrogen) atoms. The number of thiophene rings is 1. The SMILES string of the molecule is c1ccc(-c2cccc(-c3cccc4c3c3ccccc3n4-c3ccc4c(c3)c3ccccc3n4-c3cccc4sc5ccc(-c6ccccc6)cc5c34)c2)cc1. The van der Waals surface area contributed by atoms with E-state index in [1.807, 2.05) is 11.3 Å². The minimum absolute atomic E-state index is 1.15. The maximum Gasteiger partial charge on any atom is 0.0555 e. The molecule has 0 aliphatic heterocycles. The van der Waals surface area contributed by atoms with Crippen molar-refractivity contribution in [2.24, 2.45) is 0 Å². The van der Waals surface area contributed by atoms with Gasteiger partial charge in [-0.2, -0.15) is 0 Å². The van der Waals surface area contributed by atoms with Gasteiger partial charge in [0.05, 0.1) is 27.8 Å². The highest BCUT2D eigenvalue weighted by atomic mass is 32.1. The quantitative estimate of drug-likeness (QED) is 0.166. The minimum Gasteiger partial charge on any atom is -0.309 e. The molecule has 0 saturated carbocycles. The molecule has 2 nitrogen and oxygen atoms in total. The van der Waals surface area contributed by atoms with Gasteiger partial charge in [0, 0.05) is 47.4 Å². The van der Waals surface area contributed by atoms with Crippen molar-refractivity contribution < 1.29 is 0 Å². The summed E-state index contributed by atoms with van der Waals surface area (Å²) < 4.78 is 7.55. The molecule has 0 aliphatic rings. The molecule has 9 aromatic carbocycles. The summed E-state index contributed by atoms with van der Waals surface area (Å²) in [6.07, 6.45) is 0. The zero-order valence-electron chi connectivity index (χ0n) is 30.9. The molecular formula is C54H34N2S. The summed E-state index contributed by atoms with van der Waals surface area (Å²) in [5, 5.41) is 7.60. The number of hydrogen-bond acceptors (Lipinski definition) is 1. The number of rotatable bonds is 5. The maximum absolute atomic E-state index is 2.49. The van der Waals surface area contributed by atoms with E-state index >= 15 is 0 Å². The van der Waals surface area contributed by atoms with Crippen molar-refractivity contribution in [3.8, 4) is 44.8 Å². The number of nitrogens with zero attached hydrogens (tertiary/aromatic N) is 2. The zero-order valence-corrected chi connectivity index (χ0v) is 31.7. The van der Waals surface area contributed by atoms with Crippen LogP contribution >= 0.6 is 11.3 Å². The van der Waals surface area contributed by atoms with Crippen molar-refractivity contribution in [2.45, 2.75) is 0 Å². The molecule has 0 radical (unpaired) electrons. The van der Waals surface area contributed by atoms with E-state index in [2.05, 4.69) is 215 Å². The Labute approximate surface area is 333 Å². The van der Waals surface area contributed by atoms with Gasteiger partial charge in [0.2, 0.25) is 0 Å². The highest BCUT2D eigenvalue weighted by molar-refractivity contribution is 7.25. The molecule has 12 rings (SSSR count). The number of hydrogen-bond donors (Lipinski definition) is 0. The summed E-state index contributed by atoms with van der Waals surface area (Å²) in [6.45, 7) is 0. The predicted molar refractivity (Wildman–Crippen MR) is 244 cm³/mol. The van der Waals surface area contributed by atoms with E-state index in [1.54, 1.807) is 0 Å². The molecule has 0 spiro atoms.